The lowest BCUT2D eigenvalue weighted by molar-refractivity contribution is 0.104. The molecule has 2 aromatic rings. The van der Waals surface area contributed by atoms with E-state index >= 15 is 0 Å². The van der Waals surface area contributed by atoms with Crippen LogP contribution in [0.4, 0.5) is 0 Å². The van der Waals surface area contributed by atoms with Crippen molar-refractivity contribution in [2.75, 3.05) is 13.4 Å². The van der Waals surface area contributed by atoms with Gasteiger partial charge in [0.15, 0.2) is 17.3 Å². The fourth-order valence-electron chi connectivity index (χ4n) is 1.81. The first-order chi connectivity index (χ1) is 10.1. The number of phenols is 1. The van der Waals surface area contributed by atoms with Gasteiger partial charge in [0.05, 0.1) is 7.11 Å². The number of allylic oxidation sites excluding steroid dienone is 1. The number of methoxy groups -OCH3 is 1. The Morgan fingerprint density at radius 1 is 1.19 bits per heavy atom. The molecule has 0 saturated carbocycles. The van der Waals surface area contributed by atoms with Crippen molar-refractivity contribution in [3.05, 3.63) is 59.7 Å². The van der Waals surface area contributed by atoms with Crippen LogP contribution in [0.3, 0.4) is 0 Å². The molecule has 2 aromatic carbocycles. The Kier molecular flexibility index (Phi) is 5.06. The number of benzene rings is 2. The molecular weight excluding hydrogens is 284 g/mol. The number of carbonyl (C=O) groups is 1. The first-order valence-electron chi connectivity index (χ1n) is 6.37. The molecule has 0 aromatic heterocycles. The van der Waals surface area contributed by atoms with Gasteiger partial charge in [0.2, 0.25) is 0 Å². The number of carbonyl (C=O) groups excluding carboxylic acids is 1. The van der Waals surface area contributed by atoms with E-state index in [-0.39, 0.29) is 11.5 Å². The van der Waals surface area contributed by atoms with Gasteiger partial charge >= 0.3 is 0 Å². The summed E-state index contributed by atoms with van der Waals surface area (Å²) in [4.78, 5) is 13.3. The van der Waals surface area contributed by atoms with Crippen LogP contribution in [0, 0.1) is 0 Å². The van der Waals surface area contributed by atoms with Crippen LogP contribution in [0.15, 0.2) is 53.4 Å². The number of rotatable bonds is 5. The van der Waals surface area contributed by atoms with E-state index in [1.165, 1.54) is 30.2 Å². The number of aromatic hydroxyl groups is 1. The van der Waals surface area contributed by atoms with Gasteiger partial charge in [-0.05, 0) is 48.2 Å². The zero-order chi connectivity index (χ0) is 15.2. The average molecular weight is 300 g/mol. The minimum atomic E-state index is -0.137. The molecule has 0 saturated heterocycles. The largest absolute Gasteiger partial charge is 0.504 e. The Morgan fingerprint density at radius 3 is 2.52 bits per heavy atom. The van der Waals surface area contributed by atoms with Gasteiger partial charge in [-0.25, -0.2) is 0 Å². The molecular formula is C17H16O3S. The molecule has 3 nitrogen and oxygen atoms in total. The number of ketones is 1. The Labute approximate surface area is 128 Å². The summed E-state index contributed by atoms with van der Waals surface area (Å²) in [5, 5.41) is 9.52. The molecule has 0 aliphatic heterocycles. The zero-order valence-corrected chi connectivity index (χ0v) is 12.7. The minimum Gasteiger partial charge on any atom is -0.504 e. The van der Waals surface area contributed by atoms with E-state index in [9.17, 15) is 9.90 Å². The molecule has 0 radical (unpaired) electrons. The fourth-order valence-corrected chi connectivity index (χ4v) is 2.22. The van der Waals surface area contributed by atoms with Gasteiger partial charge < -0.3 is 9.84 Å². The third-order valence-corrected chi connectivity index (χ3v) is 3.75. The Hall–Kier alpha value is -2.20. The van der Waals surface area contributed by atoms with E-state index in [2.05, 4.69) is 0 Å². The molecule has 4 heteroatoms. The van der Waals surface area contributed by atoms with E-state index < -0.39 is 0 Å². The van der Waals surface area contributed by atoms with Crippen LogP contribution in [0.25, 0.3) is 6.08 Å². The third-order valence-electron chi connectivity index (χ3n) is 3.01. The standard InChI is InChI=1S/C17H16O3S/c1-20-17-11-13(6-10-16(17)19)15(18)9-5-12-3-7-14(21-2)8-4-12/h3-11,19H,1-2H3/b9-5+. The van der Waals surface area contributed by atoms with Crippen LogP contribution in [0.2, 0.25) is 0 Å². The van der Waals surface area contributed by atoms with Crippen LogP contribution < -0.4 is 4.74 Å². The van der Waals surface area contributed by atoms with Gasteiger partial charge in [-0.15, -0.1) is 11.8 Å². The van der Waals surface area contributed by atoms with Crippen LogP contribution in [0.5, 0.6) is 11.5 Å². The summed E-state index contributed by atoms with van der Waals surface area (Å²) in [6.45, 7) is 0. The second kappa shape index (κ2) is 6.99. The summed E-state index contributed by atoms with van der Waals surface area (Å²) in [6.07, 6.45) is 5.30. The molecule has 0 amide bonds. The Bertz CT molecular complexity index is 660. The topological polar surface area (TPSA) is 46.5 Å². The molecule has 2 rings (SSSR count). The monoisotopic (exact) mass is 300 g/mol. The lowest BCUT2D eigenvalue weighted by atomic mass is 10.1. The van der Waals surface area contributed by atoms with Gasteiger partial charge in [0.25, 0.3) is 0 Å². The average Bonchev–Trinajstić information content (AvgIpc) is 2.53. The number of thioether (sulfide) groups is 1. The van der Waals surface area contributed by atoms with Crippen molar-refractivity contribution >= 4 is 23.6 Å². The first-order valence-corrected chi connectivity index (χ1v) is 7.60. The van der Waals surface area contributed by atoms with E-state index in [4.69, 9.17) is 4.74 Å². The lowest BCUT2D eigenvalue weighted by Crippen LogP contribution is -1.95. The van der Waals surface area contributed by atoms with E-state index in [1.807, 2.05) is 30.5 Å². The number of hydrogen-bond donors (Lipinski definition) is 1. The highest BCUT2D eigenvalue weighted by Gasteiger charge is 2.07. The van der Waals surface area contributed by atoms with Crippen molar-refractivity contribution in [2.24, 2.45) is 0 Å². The second-order valence-electron chi connectivity index (χ2n) is 4.36. The Balaban J connectivity index is 2.14. The van der Waals surface area contributed by atoms with E-state index in [1.54, 1.807) is 23.9 Å². The normalized spacial score (nSPS) is 10.8. The third kappa shape index (κ3) is 3.89. The molecule has 0 atom stereocenters. The minimum absolute atomic E-state index is 0.0192. The highest BCUT2D eigenvalue weighted by molar-refractivity contribution is 7.98. The number of ether oxygens (including phenoxy) is 1. The molecule has 1 N–H and O–H groups in total. The first kappa shape index (κ1) is 15.2. The summed E-state index contributed by atoms with van der Waals surface area (Å²) in [5.41, 5.74) is 1.44. The molecule has 0 fully saturated rings. The zero-order valence-electron chi connectivity index (χ0n) is 11.9. The van der Waals surface area contributed by atoms with Gasteiger partial charge in [0, 0.05) is 10.5 Å². The van der Waals surface area contributed by atoms with Crippen molar-refractivity contribution in [3.8, 4) is 11.5 Å². The molecule has 0 aliphatic carbocycles. The van der Waals surface area contributed by atoms with Gasteiger partial charge in [-0.3, -0.25) is 4.79 Å². The molecule has 0 heterocycles. The summed E-state index contributed by atoms with van der Waals surface area (Å²) >= 11 is 1.68. The van der Waals surface area contributed by atoms with Crippen LogP contribution in [-0.2, 0) is 0 Å². The van der Waals surface area contributed by atoms with Crippen molar-refractivity contribution in [3.63, 3.8) is 0 Å². The van der Waals surface area contributed by atoms with Crippen LogP contribution in [0.1, 0.15) is 15.9 Å². The van der Waals surface area contributed by atoms with E-state index in [0.29, 0.717) is 11.3 Å². The van der Waals surface area contributed by atoms with Gasteiger partial charge in [-0.2, -0.15) is 0 Å². The quantitative estimate of drug-likeness (QED) is 0.515. The van der Waals surface area contributed by atoms with Crippen molar-refractivity contribution in [1.82, 2.24) is 0 Å². The van der Waals surface area contributed by atoms with Crippen LogP contribution in [-0.4, -0.2) is 24.3 Å². The maximum Gasteiger partial charge on any atom is 0.185 e. The van der Waals surface area contributed by atoms with Crippen molar-refractivity contribution < 1.29 is 14.6 Å². The smallest absolute Gasteiger partial charge is 0.185 e. The lowest BCUT2D eigenvalue weighted by Gasteiger charge is -2.04. The van der Waals surface area contributed by atoms with Crippen molar-refractivity contribution in [2.45, 2.75) is 4.90 Å². The number of hydrogen-bond acceptors (Lipinski definition) is 4. The summed E-state index contributed by atoms with van der Waals surface area (Å²) in [6, 6.07) is 12.5. The van der Waals surface area contributed by atoms with Gasteiger partial charge in [-0.1, -0.05) is 18.2 Å². The highest BCUT2D eigenvalue weighted by atomic mass is 32.2. The SMILES string of the molecule is COc1cc(C(=O)/C=C/c2ccc(SC)cc2)ccc1O. The molecule has 0 aliphatic rings. The van der Waals surface area contributed by atoms with Crippen LogP contribution >= 0.6 is 11.8 Å². The maximum absolute atomic E-state index is 12.1. The number of phenolic OH excluding ortho intramolecular Hbond substituents is 1. The second-order valence-corrected chi connectivity index (χ2v) is 5.24. The predicted molar refractivity (Wildman–Crippen MR) is 86.2 cm³/mol. The fraction of sp³-hybridized carbons (Fsp3) is 0.118. The molecule has 108 valence electrons. The predicted octanol–water partition coefficient (Wildman–Crippen LogP) is 4.02. The highest BCUT2D eigenvalue weighted by Crippen LogP contribution is 2.26. The molecule has 0 unspecified atom stereocenters. The summed E-state index contributed by atoms with van der Waals surface area (Å²) < 4.78 is 5.00. The summed E-state index contributed by atoms with van der Waals surface area (Å²) in [5.74, 6) is 0.173. The molecule has 21 heavy (non-hydrogen) atoms. The van der Waals surface area contributed by atoms with Gasteiger partial charge in [0.1, 0.15) is 0 Å². The molecule has 0 spiro atoms. The Morgan fingerprint density at radius 2 is 1.90 bits per heavy atom. The maximum atomic E-state index is 12.1. The van der Waals surface area contributed by atoms with E-state index in [0.717, 1.165) is 5.56 Å². The summed E-state index contributed by atoms with van der Waals surface area (Å²) in [7, 11) is 1.45. The van der Waals surface area contributed by atoms with Crippen molar-refractivity contribution in [1.29, 1.82) is 0 Å². The molecule has 0 bridgehead atoms.